The van der Waals surface area contributed by atoms with Gasteiger partial charge in [0.25, 0.3) is 6.43 Å². The summed E-state index contributed by atoms with van der Waals surface area (Å²) in [5.74, 6) is 0.243. The minimum absolute atomic E-state index is 0.243. The standard InChI is InChI=1S/C11H11ClF2N4/c1-8(18(7-15)6-11(13)14)16-4-9-2-3-10(12)17-5-9/h2-3,5,11H,4,6H2,1H3/b16-8+. The van der Waals surface area contributed by atoms with Gasteiger partial charge in [0.1, 0.15) is 11.0 Å². The van der Waals surface area contributed by atoms with Gasteiger partial charge in [0.2, 0.25) is 0 Å². The first-order valence-electron chi connectivity index (χ1n) is 5.10. The van der Waals surface area contributed by atoms with E-state index in [1.807, 2.05) is 0 Å². The third-order valence-corrected chi connectivity index (χ3v) is 2.33. The number of aromatic nitrogens is 1. The Hall–Kier alpha value is -1.74. The third-order valence-electron chi connectivity index (χ3n) is 2.11. The van der Waals surface area contributed by atoms with Crippen LogP contribution >= 0.6 is 11.6 Å². The van der Waals surface area contributed by atoms with Gasteiger partial charge in [-0.25, -0.2) is 13.8 Å². The molecule has 0 bridgehead atoms. The first-order chi connectivity index (χ1) is 8.52. The maximum atomic E-state index is 12.2. The summed E-state index contributed by atoms with van der Waals surface area (Å²) in [6, 6.07) is 3.35. The van der Waals surface area contributed by atoms with Gasteiger partial charge in [0.15, 0.2) is 6.19 Å². The Bertz CT molecular complexity index is 453. The predicted octanol–water partition coefficient (Wildman–Crippen LogP) is 2.70. The van der Waals surface area contributed by atoms with Crippen LogP contribution in [0.3, 0.4) is 0 Å². The van der Waals surface area contributed by atoms with Crippen molar-refractivity contribution in [1.82, 2.24) is 9.88 Å². The molecule has 0 aliphatic rings. The zero-order chi connectivity index (χ0) is 13.5. The molecular formula is C11H11ClF2N4. The van der Waals surface area contributed by atoms with Crippen molar-refractivity contribution in [1.29, 1.82) is 5.26 Å². The smallest absolute Gasteiger partial charge is 0.257 e. The number of nitriles is 1. The summed E-state index contributed by atoms with van der Waals surface area (Å²) in [5.41, 5.74) is 0.786. The van der Waals surface area contributed by atoms with Crippen LogP contribution in [0.25, 0.3) is 0 Å². The van der Waals surface area contributed by atoms with Crippen LogP contribution in [0.2, 0.25) is 5.15 Å². The molecule has 1 heterocycles. The lowest BCUT2D eigenvalue weighted by Gasteiger charge is -2.14. The zero-order valence-electron chi connectivity index (χ0n) is 9.65. The molecule has 7 heteroatoms. The molecule has 0 aliphatic carbocycles. The van der Waals surface area contributed by atoms with Gasteiger partial charge < -0.3 is 0 Å². The molecule has 0 aliphatic heterocycles. The van der Waals surface area contributed by atoms with E-state index in [1.165, 1.54) is 6.92 Å². The molecule has 0 unspecified atom stereocenters. The number of aliphatic imine (C=N–C) groups is 1. The average molecular weight is 273 g/mol. The highest BCUT2D eigenvalue weighted by molar-refractivity contribution is 6.29. The molecule has 0 aromatic carbocycles. The fraction of sp³-hybridized carbons (Fsp3) is 0.364. The monoisotopic (exact) mass is 272 g/mol. The van der Waals surface area contributed by atoms with Crippen molar-refractivity contribution in [2.75, 3.05) is 6.54 Å². The molecule has 0 atom stereocenters. The Labute approximate surface area is 109 Å². The topological polar surface area (TPSA) is 52.3 Å². The summed E-state index contributed by atoms with van der Waals surface area (Å²) in [6.45, 7) is 1.12. The van der Waals surface area contributed by atoms with Crippen LogP contribution in [-0.2, 0) is 6.54 Å². The lowest BCUT2D eigenvalue weighted by molar-refractivity contribution is 0.130. The van der Waals surface area contributed by atoms with Crippen molar-refractivity contribution in [3.63, 3.8) is 0 Å². The molecule has 0 fully saturated rings. The summed E-state index contributed by atoms with van der Waals surface area (Å²) in [6.07, 6.45) is 0.632. The molecule has 1 aromatic rings. The number of nitrogens with zero attached hydrogens (tertiary/aromatic N) is 4. The predicted molar refractivity (Wildman–Crippen MR) is 64.4 cm³/mol. The zero-order valence-corrected chi connectivity index (χ0v) is 10.4. The van der Waals surface area contributed by atoms with Gasteiger partial charge in [-0.1, -0.05) is 17.7 Å². The molecule has 0 saturated carbocycles. The molecule has 0 spiro atoms. The number of hydrogen-bond donors (Lipinski definition) is 0. The van der Waals surface area contributed by atoms with Gasteiger partial charge in [0.05, 0.1) is 13.1 Å². The molecule has 4 nitrogen and oxygen atoms in total. The Morgan fingerprint density at radius 2 is 2.33 bits per heavy atom. The summed E-state index contributed by atoms with van der Waals surface area (Å²) in [7, 11) is 0. The molecule has 1 aromatic heterocycles. The van der Waals surface area contributed by atoms with Gasteiger partial charge in [-0.15, -0.1) is 0 Å². The molecule has 1 rings (SSSR count). The average Bonchev–Trinajstić information content (AvgIpc) is 2.34. The number of rotatable bonds is 4. The second-order valence-electron chi connectivity index (χ2n) is 3.45. The summed E-state index contributed by atoms with van der Waals surface area (Å²) < 4.78 is 24.3. The van der Waals surface area contributed by atoms with Gasteiger partial charge in [-0.3, -0.25) is 9.89 Å². The number of amidine groups is 1. The summed E-state index contributed by atoms with van der Waals surface area (Å²) in [4.78, 5) is 8.78. The Kier molecular flexibility index (Phi) is 5.46. The van der Waals surface area contributed by atoms with Crippen molar-refractivity contribution < 1.29 is 8.78 Å². The van der Waals surface area contributed by atoms with Crippen LogP contribution in [-0.4, -0.2) is 28.7 Å². The minimum atomic E-state index is -2.58. The molecule has 96 valence electrons. The number of hydrogen-bond acceptors (Lipinski definition) is 3. The molecular weight excluding hydrogens is 262 g/mol. The third kappa shape index (κ3) is 4.63. The molecule has 0 N–H and O–H groups in total. The van der Waals surface area contributed by atoms with Crippen LogP contribution in [0, 0.1) is 11.5 Å². The SMILES string of the molecule is C/C(=N\Cc1ccc(Cl)nc1)N(C#N)CC(F)F. The van der Waals surface area contributed by atoms with E-state index in [0.29, 0.717) is 5.15 Å². The van der Waals surface area contributed by atoms with E-state index in [4.69, 9.17) is 16.9 Å². The van der Waals surface area contributed by atoms with Crippen molar-refractivity contribution in [3.05, 3.63) is 29.0 Å². The van der Waals surface area contributed by atoms with Gasteiger partial charge in [-0.2, -0.15) is 5.26 Å². The van der Waals surface area contributed by atoms with E-state index in [0.717, 1.165) is 10.5 Å². The fourth-order valence-corrected chi connectivity index (χ4v) is 1.29. The van der Waals surface area contributed by atoms with Crippen molar-refractivity contribution >= 4 is 17.4 Å². The van der Waals surface area contributed by atoms with Crippen molar-refractivity contribution in [2.24, 2.45) is 4.99 Å². The van der Waals surface area contributed by atoms with E-state index in [1.54, 1.807) is 24.5 Å². The number of halogens is 3. The maximum absolute atomic E-state index is 12.2. The highest BCUT2D eigenvalue weighted by atomic mass is 35.5. The second kappa shape index (κ2) is 6.87. The Balaban J connectivity index is 2.65. The van der Waals surface area contributed by atoms with Crippen LogP contribution in [0.5, 0.6) is 0 Å². The maximum Gasteiger partial charge on any atom is 0.257 e. The fourth-order valence-electron chi connectivity index (χ4n) is 1.17. The van der Waals surface area contributed by atoms with Crippen molar-refractivity contribution in [2.45, 2.75) is 19.9 Å². The quantitative estimate of drug-likeness (QED) is 0.278. The largest absolute Gasteiger partial charge is 0.267 e. The van der Waals surface area contributed by atoms with E-state index < -0.39 is 13.0 Å². The highest BCUT2D eigenvalue weighted by Crippen LogP contribution is 2.07. The minimum Gasteiger partial charge on any atom is -0.267 e. The normalized spacial score (nSPS) is 11.4. The van der Waals surface area contributed by atoms with E-state index >= 15 is 0 Å². The van der Waals surface area contributed by atoms with E-state index in [-0.39, 0.29) is 12.4 Å². The van der Waals surface area contributed by atoms with Crippen LogP contribution < -0.4 is 0 Å². The van der Waals surface area contributed by atoms with Gasteiger partial charge in [0, 0.05) is 6.20 Å². The Morgan fingerprint density at radius 3 is 2.83 bits per heavy atom. The first kappa shape index (κ1) is 14.3. The van der Waals surface area contributed by atoms with Crippen LogP contribution in [0.4, 0.5) is 8.78 Å². The molecule has 0 radical (unpaired) electrons. The van der Waals surface area contributed by atoms with E-state index in [9.17, 15) is 8.78 Å². The van der Waals surface area contributed by atoms with Gasteiger partial charge >= 0.3 is 0 Å². The van der Waals surface area contributed by atoms with Crippen molar-refractivity contribution in [3.8, 4) is 6.19 Å². The molecule has 0 saturated heterocycles. The van der Waals surface area contributed by atoms with Crippen LogP contribution in [0.15, 0.2) is 23.3 Å². The Morgan fingerprint density at radius 1 is 1.61 bits per heavy atom. The second-order valence-corrected chi connectivity index (χ2v) is 3.84. The number of alkyl halides is 2. The van der Waals surface area contributed by atoms with Crippen LogP contribution in [0.1, 0.15) is 12.5 Å². The van der Waals surface area contributed by atoms with Gasteiger partial charge in [-0.05, 0) is 18.6 Å². The lowest BCUT2D eigenvalue weighted by Crippen LogP contribution is -2.28. The first-order valence-corrected chi connectivity index (χ1v) is 5.47. The molecule has 0 amide bonds. The highest BCUT2D eigenvalue weighted by Gasteiger charge is 2.12. The van der Waals surface area contributed by atoms with E-state index in [2.05, 4.69) is 9.98 Å². The molecule has 18 heavy (non-hydrogen) atoms. The summed E-state index contributed by atoms with van der Waals surface area (Å²) in [5, 5.41) is 9.08. The number of pyridine rings is 1. The summed E-state index contributed by atoms with van der Waals surface area (Å²) >= 11 is 5.62. The lowest BCUT2D eigenvalue weighted by atomic mass is 10.3.